The zero-order valence-corrected chi connectivity index (χ0v) is 11.3. The Kier molecular flexibility index (Phi) is 3.13. The summed E-state index contributed by atoms with van der Waals surface area (Å²) in [4.78, 5) is 12.3. The van der Waals surface area contributed by atoms with Gasteiger partial charge in [-0.1, -0.05) is 17.7 Å². The van der Waals surface area contributed by atoms with Crippen LogP contribution in [-0.2, 0) is 0 Å². The third-order valence-electron chi connectivity index (χ3n) is 3.18. The molecule has 0 aliphatic heterocycles. The minimum absolute atomic E-state index is 0.304. The highest BCUT2D eigenvalue weighted by Crippen LogP contribution is 2.19. The molecule has 102 valence electrons. The average Bonchev–Trinajstić information content (AvgIpc) is 2.90. The largest absolute Gasteiger partial charge is 0.321 e. The number of H-pyrrole nitrogens is 1. The molecule has 0 aliphatic carbocycles. The predicted molar refractivity (Wildman–Crippen MR) is 79.9 cm³/mol. The number of rotatable bonds is 2. The number of carbonyl (C=O) groups excluding carboxylic acids is 1. The van der Waals surface area contributed by atoms with E-state index in [1.54, 1.807) is 24.3 Å². The van der Waals surface area contributed by atoms with E-state index in [4.69, 9.17) is 5.26 Å². The van der Waals surface area contributed by atoms with Crippen molar-refractivity contribution in [1.82, 2.24) is 10.2 Å². The summed E-state index contributed by atoms with van der Waals surface area (Å²) >= 11 is 0. The van der Waals surface area contributed by atoms with Crippen molar-refractivity contribution in [3.05, 3.63) is 59.3 Å². The topological polar surface area (TPSA) is 81.6 Å². The molecule has 3 rings (SSSR count). The molecule has 0 aliphatic rings. The summed E-state index contributed by atoms with van der Waals surface area (Å²) < 4.78 is 0. The van der Waals surface area contributed by atoms with Crippen molar-refractivity contribution in [3.8, 4) is 6.07 Å². The fourth-order valence-corrected chi connectivity index (χ4v) is 2.16. The van der Waals surface area contributed by atoms with Gasteiger partial charge in [-0.25, -0.2) is 0 Å². The van der Waals surface area contributed by atoms with Gasteiger partial charge in [-0.15, -0.1) is 0 Å². The van der Waals surface area contributed by atoms with Crippen LogP contribution in [-0.4, -0.2) is 16.1 Å². The Morgan fingerprint density at radius 3 is 2.95 bits per heavy atom. The van der Waals surface area contributed by atoms with Crippen molar-refractivity contribution in [2.75, 3.05) is 5.32 Å². The van der Waals surface area contributed by atoms with Gasteiger partial charge in [0.05, 0.1) is 17.1 Å². The third kappa shape index (κ3) is 2.47. The van der Waals surface area contributed by atoms with E-state index in [0.29, 0.717) is 16.9 Å². The number of nitriles is 1. The number of nitrogens with zero attached hydrogens (tertiary/aromatic N) is 2. The fraction of sp³-hybridized carbons (Fsp3) is 0.0625. The summed E-state index contributed by atoms with van der Waals surface area (Å²) in [5, 5.41) is 19.3. The highest BCUT2D eigenvalue weighted by molar-refractivity contribution is 6.11. The van der Waals surface area contributed by atoms with Crippen LogP contribution in [0.4, 0.5) is 5.69 Å². The van der Waals surface area contributed by atoms with Crippen molar-refractivity contribution < 1.29 is 4.79 Å². The number of hydrogen-bond acceptors (Lipinski definition) is 3. The molecule has 2 N–H and O–H groups in total. The third-order valence-corrected chi connectivity index (χ3v) is 3.18. The molecule has 0 radical (unpaired) electrons. The lowest BCUT2D eigenvalue weighted by Gasteiger charge is -2.03. The molecule has 0 saturated heterocycles. The van der Waals surface area contributed by atoms with E-state index >= 15 is 0 Å². The summed E-state index contributed by atoms with van der Waals surface area (Å²) in [5.41, 5.74) is 3.29. The Morgan fingerprint density at radius 2 is 2.14 bits per heavy atom. The van der Waals surface area contributed by atoms with Gasteiger partial charge in [0.1, 0.15) is 0 Å². The first-order chi connectivity index (χ1) is 10.2. The van der Waals surface area contributed by atoms with Crippen LogP contribution in [0, 0.1) is 18.3 Å². The van der Waals surface area contributed by atoms with Crippen LogP contribution >= 0.6 is 0 Å². The second-order valence-corrected chi connectivity index (χ2v) is 4.77. The van der Waals surface area contributed by atoms with Crippen molar-refractivity contribution in [2.24, 2.45) is 0 Å². The summed E-state index contributed by atoms with van der Waals surface area (Å²) in [6, 6.07) is 14.6. The monoisotopic (exact) mass is 276 g/mol. The van der Waals surface area contributed by atoms with Gasteiger partial charge in [0.2, 0.25) is 0 Å². The quantitative estimate of drug-likeness (QED) is 0.754. The van der Waals surface area contributed by atoms with Crippen molar-refractivity contribution in [1.29, 1.82) is 5.26 Å². The maximum absolute atomic E-state index is 12.3. The number of benzene rings is 2. The van der Waals surface area contributed by atoms with E-state index in [0.717, 1.165) is 16.5 Å². The Balaban J connectivity index is 1.94. The highest BCUT2D eigenvalue weighted by atomic mass is 16.1. The standard InChI is InChI=1S/C16H12N4O/c1-10-5-6-14-13(7-10)15(20-19-14)16(21)18-12-4-2-3-11(8-12)9-17/h2-8H,1H3,(H,18,21)(H,19,20). The number of nitrogens with one attached hydrogen (secondary N) is 2. The van der Waals surface area contributed by atoms with E-state index in [-0.39, 0.29) is 5.91 Å². The molecule has 1 aromatic heterocycles. The SMILES string of the molecule is Cc1ccc2[nH]nc(C(=O)Nc3cccc(C#N)c3)c2c1. The first-order valence-electron chi connectivity index (χ1n) is 6.43. The molecule has 0 fully saturated rings. The van der Waals surface area contributed by atoms with Crippen LogP contribution in [0.5, 0.6) is 0 Å². The van der Waals surface area contributed by atoms with Gasteiger partial charge >= 0.3 is 0 Å². The molecule has 1 amide bonds. The van der Waals surface area contributed by atoms with Gasteiger partial charge in [-0.2, -0.15) is 10.4 Å². The molecule has 5 nitrogen and oxygen atoms in total. The molecule has 3 aromatic rings. The molecule has 5 heteroatoms. The number of fused-ring (bicyclic) bond motifs is 1. The molecule has 0 bridgehead atoms. The van der Waals surface area contributed by atoms with E-state index in [9.17, 15) is 4.79 Å². The minimum atomic E-state index is -0.304. The number of aromatic amines is 1. The molecular weight excluding hydrogens is 264 g/mol. The van der Waals surface area contributed by atoms with Crippen LogP contribution < -0.4 is 5.32 Å². The van der Waals surface area contributed by atoms with Gasteiger partial charge in [-0.05, 0) is 37.3 Å². The number of carbonyl (C=O) groups is 1. The van der Waals surface area contributed by atoms with Crippen LogP contribution in [0.1, 0.15) is 21.6 Å². The molecule has 1 heterocycles. The second-order valence-electron chi connectivity index (χ2n) is 4.77. The summed E-state index contributed by atoms with van der Waals surface area (Å²) in [6.45, 7) is 1.96. The number of aryl methyl sites for hydroxylation is 1. The van der Waals surface area contributed by atoms with Gasteiger partial charge in [0, 0.05) is 11.1 Å². The molecule has 2 aromatic carbocycles. The Morgan fingerprint density at radius 1 is 1.29 bits per heavy atom. The highest BCUT2D eigenvalue weighted by Gasteiger charge is 2.14. The van der Waals surface area contributed by atoms with Crippen molar-refractivity contribution in [3.63, 3.8) is 0 Å². The lowest BCUT2D eigenvalue weighted by atomic mass is 10.1. The normalized spacial score (nSPS) is 10.3. The van der Waals surface area contributed by atoms with Crippen molar-refractivity contribution >= 4 is 22.5 Å². The Labute approximate surface area is 121 Å². The molecule has 0 unspecified atom stereocenters. The summed E-state index contributed by atoms with van der Waals surface area (Å²) in [5.74, 6) is -0.304. The van der Waals surface area contributed by atoms with E-state index in [2.05, 4.69) is 15.5 Å². The number of aromatic nitrogens is 2. The van der Waals surface area contributed by atoms with Crippen molar-refractivity contribution in [2.45, 2.75) is 6.92 Å². The summed E-state index contributed by atoms with van der Waals surface area (Å²) in [6.07, 6.45) is 0. The van der Waals surface area contributed by atoms with Crippen LogP contribution in [0.2, 0.25) is 0 Å². The number of amides is 1. The lowest BCUT2D eigenvalue weighted by Crippen LogP contribution is -2.12. The van der Waals surface area contributed by atoms with Gasteiger partial charge in [0.15, 0.2) is 5.69 Å². The van der Waals surface area contributed by atoms with E-state index in [1.807, 2.05) is 31.2 Å². The first kappa shape index (κ1) is 12.9. The summed E-state index contributed by atoms with van der Waals surface area (Å²) in [7, 11) is 0. The number of anilines is 1. The first-order valence-corrected chi connectivity index (χ1v) is 6.43. The maximum atomic E-state index is 12.3. The van der Waals surface area contributed by atoms with Gasteiger partial charge in [-0.3, -0.25) is 9.89 Å². The fourth-order valence-electron chi connectivity index (χ4n) is 2.16. The average molecular weight is 276 g/mol. The number of hydrogen-bond donors (Lipinski definition) is 2. The van der Waals surface area contributed by atoms with E-state index < -0.39 is 0 Å². The zero-order chi connectivity index (χ0) is 14.8. The Bertz CT molecular complexity index is 873. The molecular formula is C16H12N4O. The van der Waals surface area contributed by atoms with Crippen LogP contribution in [0.25, 0.3) is 10.9 Å². The molecule has 0 atom stereocenters. The predicted octanol–water partition coefficient (Wildman–Crippen LogP) is 3.00. The smallest absolute Gasteiger partial charge is 0.276 e. The zero-order valence-electron chi connectivity index (χ0n) is 11.3. The van der Waals surface area contributed by atoms with E-state index in [1.165, 1.54) is 0 Å². The lowest BCUT2D eigenvalue weighted by molar-refractivity contribution is 0.102. The molecule has 21 heavy (non-hydrogen) atoms. The Hall–Kier alpha value is -3.13. The molecule has 0 spiro atoms. The van der Waals surface area contributed by atoms with Crippen LogP contribution in [0.3, 0.4) is 0 Å². The maximum Gasteiger partial charge on any atom is 0.276 e. The minimum Gasteiger partial charge on any atom is -0.321 e. The second kappa shape index (κ2) is 5.10. The van der Waals surface area contributed by atoms with Crippen LogP contribution in [0.15, 0.2) is 42.5 Å². The van der Waals surface area contributed by atoms with Gasteiger partial charge in [0.25, 0.3) is 5.91 Å². The van der Waals surface area contributed by atoms with Gasteiger partial charge < -0.3 is 5.32 Å². The molecule has 0 saturated carbocycles.